The van der Waals surface area contributed by atoms with Crippen LogP contribution in [0.1, 0.15) is 17.2 Å². The van der Waals surface area contributed by atoms with Crippen molar-refractivity contribution in [1.82, 2.24) is 15.3 Å². The highest BCUT2D eigenvalue weighted by Gasteiger charge is 2.17. The number of hydrogen-bond donors (Lipinski definition) is 1. The molecule has 17 heavy (non-hydrogen) atoms. The van der Waals surface area contributed by atoms with Crippen LogP contribution in [-0.2, 0) is 0 Å². The minimum Gasteiger partial charge on any atom is -0.309 e. The predicted molar refractivity (Wildman–Crippen MR) is 59.3 cm³/mol. The highest BCUT2D eigenvalue weighted by Crippen LogP contribution is 2.23. The topological polar surface area (TPSA) is 37.8 Å². The summed E-state index contributed by atoms with van der Waals surface area (Å²) in [5.41, 5.74) is 0.918. The third kappa shape index (κ3) is 2.45. The summed E-state index contributed by atoms with van der Waals surface area (Å²) in [6.07, 6.45) is 4.52. The van der Waals surface area contributed by atoms with Crippen LogP contribution in [0.25, 0.3) is 0 Å². The first-order valence-corrected chi connectivity index (χ1v) is 5.09. The maximum atomic E-state index is 13.6. The largest absolute Gasteiger partial charge is 0.309 e. The molecule has 1 heterocycles. The quantitative estimate of drug-likeness (QED) is 0.884. The molecule has 1 aromatic carbocycles. The number of nitrogens with one attached hydrogen (secondary N) is 1. The fourth-order valence-electron chi connectivity index (χ4n) is 1.70. The van der Waals surface area contributed by atoms with Crippen LogP contribution in [0.2, 0.25) is 0 Å². The molecule has 1 unspecified atom stereocenters. The van der Waals surface area contributed by atoms with Crippen LogP contribution in [0, 0.1) is 11.6 Å². The lowest BCUT2D eigenvalue weighted by Gasteiger charge is -2.17. The van der Waals surface area contributed by atoms with Crippen LogP contribution >= 0.6 is 0 Å². The van der Waals surface area contributed by atoms with Crippen molar-refractivity contribution in [3.8, 4) is 0 Å². The van der Waals surface area contributed by atoms with Gasteiger partial charge in [0.15, 0.2) is 0 Å². The van der Waals surface area contributed by atoms with Gasteiger partial charge in [0, 0.05) is 23.5 Å². The van der Waals surface area contributed by atoms with E-state index in [1.165, 1.54) is 12.4 Å². The number of hydrogen-bond acceptors (Lipinski definition) is 3. The molecule has 1 atom stereocenters. The van der Waals surface area contributed by atoms with Crippen molar-refractivity contribution in [3.05, 3.63) is 59.7 Å². The molecule has 2 aromatic rings. The van der Waals surface area contributed by atoms with Crippen LogP contribution in [0.4, 0.5) is 8.78 Å². The number of benzene rings is 1. The van der Waals surface area contributed by atoms with Crippen LogP contribution in [-0.4, -0.2) is 17.0 Å². The Bertz CT molecular complexity index is 502. The number of aromatic nitrogens is 2. The van der Waals surface area contributed by atoms with E-state index in [0.29, 0.717) is 5.56 Å². The molecule has 0 aliphatic rings. The maximum absolute atomic E-state index is 13.6. The third-order valence-corrected chi connectivity index (χ3v) is 2.47. The highest BCUT2D eigenvalue weighted by molar-refractivity contribution is 5.30. The summed E-state index contributed by atoms with van der Waals surface area (Å²) < 4.78 is 26.8. The third-order valence-electron chi connectivity index (χ3n) is 2.47. The zero-order chi connectivity index (χ0) is 12.3. The summed E-state index contributed by atoms with van der Waals surface area (Å²) in [5, 5.41) is 2.92. The summed E-state index contributed by atoms with van der Waals surface area (Å²) in [6, 6.07) is 2.90. The molecular weight excluding hydrogens is 224 g/mol. The maximum Gasteiger partial charge on any atom is 0.128 e. The lowest BCUT2D eigenvalue weighted by atomic mass is 10.0. The molecule has 88 valence electrons. The minimum absolute atomic E-state index is 0.238. The Morgan fingerprint density at radius 1 is 1.18 bits per heavy atom. The molecular formula is C12H11F2N3. The molecule has 0 bridgehead atoms. The van der Waals surface area contributed by atoms with Crippen molar-refractivity contribution in [2.75, 3.05) is 7.05 Å². The van der Waals surface area contributed by atoms with Gasteiger partial charge in [0.1, 0.15) is 18.0 Å². The van der Waals surface area contributed by atoms with Gasteiger partial charge in [-0.05, 0) is 25.2 Å². The number of rotatable bonds is 3. The van der Waals surface area contributed by atoms with E-state index < -0.39 is 17.7 Å². The van der Waals surface area contributed by atoms with E-state index in [1.54, 1.807) is 19.4 Å². The molecule has 0 radical (unpaired) electrons. The normalized spacial score (nSPS) is 12.4. The molecule has 5 heteroatoms. The molecule has 0 aliphatic heterocycles. The van der Waals surface area contributed by atoms with Crippen molar-refractivity contribution < 1.29 is 8.78 Å². The summed E-state index contributed by atoms with van der Waals surface area (Å²) in [7, 11) is 1.67. The predicted octanol–water partition coefficient (Wildman–Crippen LogP) is 2.06. The van der Waals surface area contributed by atoms with Gasteiger partial charge in [-0.2, -0.15) is 0 Å². The van der Waals surface area contributed by atoms with Gasteiger partial charge < -0.3 is 5.32 Å². The van der Waals surface area contributed by atoms with Gasteiger partial charge in [0.05, 0.1) is 6.04 Å². The van der Waals surface area contributed by atoms with Crippen LogP contribution in [0.5, 0.6) is 0 Å². The van der Waals surface area contributed by atoms with Crippen molar-refractivity contribution >= 4 is 0 Å². The number of nitrogens with zero attached hydrogens (tertiary/aromatic N) is 2. The van der Waals surface area contributed by atoms with Crippen molar-refractivity contribution in [3.63, 3.8) is 0 Å². The van der Waals surface area contributed by atoms with E-state index in [1.807, 2.05) is 0 Å². The summed E-state index contributed by atoms with van der Waals surface area (Å²) in [4.78, 5) is 7.73. The van der Waals surface area contributed by atoms with Crippen molar-refractivity contribution in [2.24, 2.45) is 0 Å². The second-order valence-corrected chi connectivity index (χ2v) is 3.56. The molecule has 0 saturated heterocycles. The lowest BCUT2D eigenvalue weighted by molar-refractivity contribution is 0.557. The van der Waals surface area contributed by atoms with E-state index >= 15 is 0 Å². The first-order valence-electron chi connectivity index (χ1n) is 5.09. The summed E-state index contributed by atoms with van der Waals surface area (Å²) in [5.74, 6) is -0.937. The molecule has 3 nitrogen and oxygen atoms in total. The monoisotopic (exact) mass is 235 g/mol. The van der Waals surface area contributed by atoms with E-state index in [0.717, 1.165) is 12.1 Å². The van der Waals surface area contributed by atoms with E-state index in [9.17, 15) is 8.78 Å². The van der Waals surface area contributed by atoms with Crippen LogP contribution < -0.4 is 5.32 Å². The standard InChI is InChI=1S/C12H11F2N3/c1-15-12(8-5-16-7-17-6-8)10-4-9(13)2-3-11(10)14/h2-7,12,15H,1H3. The Labute approximate surface area is 97.5 Å². The van der Waals surface area contributed by atoms with Gasteiger partial charge in [0.2, 0.25) is 0 Å². The Morgan fingerprint density at radius 2 is 1.88 bits per heavy atom. The molecule has 2 rings (SSSR count). The Balaban J connectivity index is 2.46. The minimum atomic E-state index is -0.474. The SMILES string of the molecule is CNC(c1cncnc1)c1cc(F)ccc1F. The zero-order valence-electron chi connectivity index (χ0n) is 9.19. The van der Waals surface area contributed by atoms with Crippen LogP contribution in [0.3, 0.4) is 0 Å². The average Bonchev–Trinajstić information content (AvgIpc) is 2.36. The van der Waals surface area contributed by atoms with Gasteiger partial charge in [-0.1, -0.05) is 0 Å². The Morgan fingerprint density at radius 3 is 2.53 bits per heavy atom. The highest BCUT2D eigenvalue weighted by atomic mass is 19.1. The molecule has 0 saturated carbocycles. The van der Waals surface area contributed by atoms with Gasteiger partial charge in [-0.25, -0.2) is 18.7 Å². The first-order chi connectivity index (χ1) is 8.22. The molecule has 1 N–H and O–H groups in total. The smallest absolute Gasteiger partial charge is 0.128 e. The molecule has 0 fully saturated rings. The molecule has 0 spiro atoms. The van der Waals surface area contributed by atoms with E-state index in [-0.39, 0.29) is 5.56 Å². The second kappa shape index (κ2) is 4.97. The Hall–Kier alpha value is -1.88. The first kappa shape index (κ1) is 11.6. The van der Waals surface area contributed by atoms with E-state index in [4.69, 9.17) is 0 Å². The van der Waals surface area contributed by atoms with Gasteiger partial charge in [-0.15, -0.1) is 0 Å². The molecule has 0 amide bonds. The van der Waals surface area contributed by atoms with Crippen LogP contribution in [0.15, 0.2) is 36.9 Å². The molecule has 0 aliphatic carbocycles. The second-order valence-electron chi connectivity index (χ2n) is 3.56. The van der Waals surface area contributed by atoms with Gasteiger partial charge in [-0.3, -0.25) is 0 Å². The van der Waals surface area contributed by atoms with E-state index in [2.05, 4.69) is 15.3 Å². The lowest BCUT2D eigenvalue weighted by Crippen LogP contribution is -2.19. The average molecular weight is 235 g/mol. The summed E-state index contributed by atoms with van der Waals surface area (Å²) in [6.45, 7) is 0. The number of halogens is 2. The molecule has 1 aromatic heterocycles. The zero-order valence-corrected chi connectivity index (χ0v) is 9.19. The van der Waals surface area contributed by atoms with Gasteiger partial charge >= 0.3 is 0 Å². The van der Waals surface area contributed by atoms with Crippen molar-refractivity contribution in [2.45, 2.75) is 6.04 Å². The fourth-order valence-corrected chi connectivity index (χ4v) is 1.70. The Kier molecular flexibility index (Phi) is 3.39. The van der Waals surface area contributed by atoms with Crippen molar-refractivity contribution in [1.29, 1.82) is 0 Å². The van der Waals surface area contributed by atoms with Gasteiger partial charge in [0.25, 0.3) is 0 Å². The summed E-state index contributed by atoms with van der Waals surface area (Å²) >= 11 is 0. The fraction of sp³-hybridized carbons (Fsp3) is 0.167.